The van der Waals surface area contributed by atoms with Crippen LogP contribution in [0.1, 0.15) is 29.2 Å². The number of nitrogens with one attached hydrogen (secondary N) is 1. The second-order valence-electron chi connectivity index (χ2n) is 3.86. The topological polar surface area (TPSA) is 32.3 Å². The molecule has 0 aromatic heterocycles. The molecule has 1 saturated heterocycles. The maximum absolute atomic E-state index is 9.98. The van der Waals surface area contributed by atoms with Gasteiger partial charge in [-0.3, -0.25) is 0 Å². The second-order valence-corrected chi connectivity index (χ2v) is 4.71. The van der Waals surface area contributed by atoms with Crippen molar-refractivity contribution in [2.24, 2.45) is 0 Å². The maximum atomic E-state index is 9.98. The van der Waals surface area contributed by atoms with Crippen molar-refractivity contribution in [3.8, 4) is 5.75 Å². The summed E-state index contributed by atoms with van der Waals surface area (Å²) in [5.41, 5.74) is 3.14. The van der Waals surface area contributed by atoms with E-state index in [1.807, 2.05) is 19.9 Å². The zero-order valence-corrected chi connectivity index (χ0v) is 9.98. The Hall–Kier alpha value is -0.540. The van der Waals surface area contributed by atoms with E-state index in [4.69, 9.17) is 0 Å². The van der Waals surface area contributed by atoms with E-state index in [9.17, 15) is 5.11 Å². The fourth-order valence-corrected chi connectivity index (χ4v) is 2.40. The van der Waals surface area contributed by atoms with Gasteiger partial charge in [0.25, 0.3) is 0 Å². The van der Waals surface area contributed by atoms with Gasteiger partial charge >= 0.3 is 0 Å². The van der Waals surface area contributed by atoms with Gasteiger partial charge in [0.2, 0.25) is 0 Å². The molecule has 1 aromatic rings. The Balaban J connectivity index is 2.54. The van der Waals surface area contributed by atoms with Gasteiger partial charge in [-0.15, -0.1) is 0 Å². The van der Waals surface area contributed by atoms with Crippen molar-refractivity contribution in [3.63, 3.8) is 0 Å². The normalized spacial score (nSPS) is 20.6. The lowest BCUT2D eigenvalue weighted by Crippen LogP contribution is -2.35. The lowest BCUT2D eigenvalue weighted by Gasteiger charge is -2.30. The molecule has 1 fully saturated rings. The van der Waals surface area contributed by atoms with Crippen LogP contribution in [-0.4, -0.2) is 11.7 Å². The third-order valence-electron chi connectivity index (χ3n) is 2.91. The number of phenolic OH excluding ortho intramolecular Hbond substituents is 1. The molecule has 1 atom stereocenters. The van der Waals surface area contributed by atoms with E-state index < -0.39 is 0 Å². The minimum atomic E-state index is 0.339. The van der Waals surface area contributed by atoms with E-state index in [2.05, 4.69) is 21.2 Å². The van der Waals surface area contributed by atoms with Crippen LogP contribution in [0.4, 0.5) is 0 Å². The average molecular weight is 256 g/mol. The molecule has 0 amide bonds. The van der Waals surface area contributed by atoms with Gasteiger partial charge in [0.1, 0.15) is 5.75 Å². The Morgan fingerprint density at radius 2 is 2.14 bits per heavy atom. The maximum Gasteiger partial charge on any atom is 0.123 e. The Morgan fingerprint density at radius 3 is 2.64 bits per heavy atom. The highest BCUT2D eigenvalue weighted by atomic mass is 79.9. The van der Waals surface area contributed by atoms with Crippen LogP contribution in [0.5, 0.6) is 5.75 Å². The summed E-state index contributed by atoms with van der Waals surface area (Å²) in [7, 11) is 0. The standard InChI is InChI=1S/C11H14BrNO/c1-6-5-8(12)7(2)10(11(6)14)9-3-4-13-9/h5,9,13-14H,3-4H2,1-2H3/t9-/m0/s1. The third kappa shape index (κ3) is 1.44. The minimum Gasteiger partial charge on any atom is -0.507 e. The predicted octanol–water partition coefficient (Wildman–Crippen LogP) is 2.81. The quantitative estimate of drug-likeness (QED) is 0.809. The molecule has 0 saturated carbocycles. The van der Waals surface area contributed by atoms with Crippen molar-refractivity contribution in [1.29, 1.82) is 0 Å². The van der Waals surface area contributed by atoms with Crippen molar-refractivity contribution >= 4 is 15.9 Å². The molecule has 1 aromatic carbocycles. The number of hydrogen-bond donors (Lipinski definition) is 2. The molecular formula is C11H14BrNO. The van der Waals surface area contributed by atoms with Crippen molar-refractivity contribution in [1.82, 2.24) is 5.32 Å². The van der Waals surface area contributed by atoms with E-state index in [0.717, 1.165) is 34.1 Å². The summed E-state index contributed by atoms with van der Waals surface area (Å²) < 4.78 is 1.08. The fraction of sp³-hybridized carbons (Fsp3) is 0.455. The van der Waals surface area contributed by atoms with Crippen LogP contribution in [-0.2, 0) is 0 Å². The lowest BCUT2D eigenvalue weighted by molar-refractivity contribution is 0.362. The molecule has 0 radical (unpaired) electrons. The number of benzene rings is 1. The zero-order chi connectivity index (χ0) is 10.3. The number of rotatable bonds is 1. The molecule has 3 heteroatoms. The van der Waals surface area contributed by atoms with Gasteiger partial charge in [-0.2, -0.15) is 0 Å². The first-order valence-corrected chi connectivity index (χ1v) is 5.62. The second kappa shape index (κ2) is 3.55. The highest BCUT2D eigenvalue weighted by molar-refractivity contribution is 9.10. The molecular weight excluding hydrogens is 242 g/mol. The summed E-state index contributed by atoms with van der Waals surface area (Å²) in [5.74, 6) is 0.447. The number of hydrogen-bond acceptors (Lipinski definition) is 2. The number of aromatic hydroxyl groups is 1. The molecule has 0 spiro atoms. The fourth-order valence-electron chi connectivity index (χ4n) is 1.85. The highest BCUT2D eigenvalue weighted by Crippen LogP contribution is 2.38. The smallest absolute Gasteiger partial charge is 0.123 e. The Labute approximate surface area is 92.5 Å². The van der Waals surface area contributed by atoms with Crippen LogP contribution in [0.2, 0.25) is 0 Å². The van der Waals surface area contributed by atoms with Crippen molar-refractivity contribution in [3.05, 3.63) is 27.2 Å². The van der Waals surface area contributed by atoms with Crippen molar-refractivity contribution in [2.45, 2.75) is 26.3 Å². The summed E-state index contributed by atoms with van der Waals surface area (Å²) in [4.78, 5) is 0. The van der Waals surface area contributed by atoms with Gasteiger partial charge in [0.15, 0.2) is 0 Å². The Bertz CT molecular complexity index is 346. The summed E-state index contributed by atoms with van der Waals surface area (Å²) in [6, 6.07) is 2.30. The SMILES string of the molecule is Cc1cc(Br)c(C)c([C@@H]2CCN2)c1O. The molecule has 1 aliphatic rings. The van der Waals surface area contributed by atoms with Gasteiger partial charge in [0, 0.05) is 16.1 Å². The Morgan fingerprint density at radius 1 is 1.50 bits per heavy atom. The van der Waals surface area contributed by atoms with Crippen LogP contribution >= 0.6 is 15.9 Å². The van der Waals surface area contributed by atoms with E-state index in [-0.39, 0.29) is 0 Å². The Kier molecular flexibility index (Phi) is 2.54. The van der Waals surface area contributed by atoms with Gasteiger partial charge in [-0.1, -0.05) is 15.9 Å². The number of phenols is 1. The molecule has 1 heterocycles. The molecule has 0 aliphatic carbocycles. The molecule has 2 N–H and O–H groups in total. The van der Waals surface area contributed by atoms with E-state index in [0.29, 0.717) is 11.8 Å². The lowest BCUT2D eigenvalue weighted by atomic mass is 9.91. The van der Waals surface area contributed by atoms with Crippen LogP contribution in [0.15, 0.2) is 10.5 Å². The van der Waals surface area contributed by atoms with Crippen LogP contribution in [0.3, 0.4) is 0 Å². The molecule has 1 aliphatic heterocycles. The van der Waals surface area contributed by atoms with Crippen LogP contribution in [0, 0.1) is 13.8 Å². The number of halogens is 1. The van der Waals surface area contributed by atoms with Gasteiger partial charge in [0.05, 0.1) is 0 Å². The van der Waals surface area contributed by atoms with E-state index in [1.54, 1.807) is 0 Å². The number of aryl methyl sites for hydroxylation is 1. The molecule has 2 rings (SSSR count). The first kappa shape index (κ1) is 9.99. The van der Waals surface area contributed by atoms with Crippen LogP contribution < -0.4 is 5.32 Å². The molecule has 2 nitrogen and oxygen atoms in total. The third-order valence-corrected chi connectivity index (χ3v) is 3.73. The van der Waals surface area contributed by atoms with Crippen LogP contribution in [0.25, 0.3) is 0 Å². The summed E-state index contributed by atoms with van der Waals surface area (Å²) in [6.45, 7) is 5.02. The molecule has 14 heavy (non-hydrogen) atoms. The van der Waals surface area contributed by atoms with Crippen molar-refractivity contribution < 1.29 is 5.11 Å². The zero-order valence-electron chi connectivity index (χ0n) is 8.39. The van der Waals surface area contributed by atoms with E-state index >= 15 is 0 Å². The first-order chi connectivity index (χ1) is 6.61. The van der Waals surface area contributed by atoms with Crippen molar-refractivity contribution in [2.75, 3.05) is 6.54 Å². The summed E-state index contributed by atoms with van der Waals surface area (Å²) >= 11 is 3.51. The van der Waals surface area contributed by atoms with Gasteiger partial charge < -0.3 is 10.4 Å². The highest BCUT2D eigenvalue weighted by Gasteiger charge is 2.25. The predicted molar refractivity (Wildman–Crippen MR) is 60.6 cm³/mol. The molecule has 76 valence electrons. The molecule has 0 unspecified atom stereocenters. The molecule has 0 bridgehead atoms. The summed E-state index contributed by atoms with van der Waals surface area (Å²) in [5, 5.41) is 13.3. The minimum absolute atomic E-state index is 0.339. The summed E-state index contributed by atoms with van der Waals surface area (Å²) in [6.07, 6.45) is 1.12. The monoisotopic (exact) mass is 255 g/mol. The van der Waals surface area contributed by atoms with Gasteiger partial charge in [-0.25, -0.2) is 0 Å². The van der Waals surface area contributed by atoms with Gasteiger partial charge in [-0.05, 0) is 44.0 Å². The first-order valence-electron chi connectivity index (χ1n) is 4.83. The average Bonchev–Trinajstić information content (AvgIpc) is 2.06. The largest absolute Gasteiger partial charge is 0.507 e. The van der Waals surface area contributed by atoms with E-state index in [1.165, 1.54) is 0 Å².